The molecule has 2 heterocycles. The van der Waals surface area contributed by atoms with Gasteiger partial charge in [0.1, 0.15) is 6.04 Å². The fourth-order valence-electron chi connectivity index (χ4n) is 2.93. The molecule has 0 saturated carbocycles. The maximum absolute atomic E-state index is 12.4. The van der Waals surface area contributed by atoms with Gasteiger partial charge < -0.3 is 10.2 Å². The van der Waals surface area contributed by atoms with Crippen LogP contribution in [0.2, 0.25) is 0 Å². The Kier molecular flexibility index (Phi) is 4.61. The van der Waals surface area contributed by atoms with Gasteiger partial charge in [0.25, 0.3) is 0 Å². The lowest BCUT2D eigenvalue weighted by molar-refractivity contribution is -0.126. The van der Waals surface area contributed by atoms with Crippen LogP contribution in [0.5, 0.6) is 0 Å². The number of amides is 2. The molecule has 24 heavy (non-hydrogen) atoms. The van der Waals surface area contributed by atoms with Gasteiger partial charge in [-0.05, 0) is 18.6 Å². The van der Waals surface area contributed by atoms with Crippen LogP contribution in [0.25, 0.3) is 0 Å². The lowest BCUT2D eigenvalue weighted by Crippen LogP contribution is -2.41. The van der Waals surface area contributed by atoms with Gasteiger partial charge in [0.15, 0.2) is 5.66 Å². The number of carbonyl (C=O) groups is 2. The highest BCUT2D eigenvalue weighted by molar-refractivity contribution is 6.01. The van der Waals surface area contributed by atoms with Crippen molar-refractivity contribution in [2.24, 2.45) is 10.2 Å². The second-order valence-corrected chi connectivity index (χ2v) is 6.12. The summed E-state index contributed by atoms with van der Waals surface area (Å²) < 4.78 is 0. The third kappa shape index (κ3) is 3.62. The summed E-state index contributed by atoms with van der Waals surface area (Å²) >= 11 is 0. The molecule has 1 atom stereocenters. The Bertz CT molecular complexity index is 687. The van der Waals surface area contributed by atoms with Gasteiger partial charge in [-0.15, -0.1) is 12.3 Å². The molecule has 1 N–H and O–H groups in total. The van der Waals surface area contributed by atoms with Crippen molar-refractivity contribution in [3.05, 3.63) is 30.3 Å². The normalized spacial score (nSPS) is 20.7. The van der Waals surface area contributed by atoms with Crippen LogP contribution < -0.4 is 10.2 Å². The molecule has 2 aliphatic rings. The van der Waals surface area contributed by atoms with E-state index in [2.05, 4.69) is 21.5 Å². The maximum Gasteiger partial charge on any atom is 0.249 e. The number of terminal acetylenes is 1. The average molecular weight is 324 g/mol. The topological polar surface area (TPSA) is 74.1 Å². The summed E-state index contributed by atoms with van der Waals surface area (Å²) in [4.78, 5) is 26.3. The monoisotopic (exact) mass is 324 g/mol. The molecule has 0 aromatic heterocycles. The number of anilines is 1. The zero-order valence-corrected chi connectivity index (χ0v) is 13.4. The number of para-hydroxylation sites is 1. The fourth-order valence-corrected chi connectivity index (χ4v) is 2.93. The van der Waals surface area contributed by atoms with Crippen LogP contribution in [0, 0.1) is 12.3 Å². The second kappa shape index (κ2) is 6.83. The van der Waals surface area contributed by atoms with E-state index in [0.717, 1.165) is 5.69 Å². The predicted octanol–water partition coefficient (Wildman–Crippen LogP) is 2.26. The van der Waals surface area contributed by atoms with Crippen molar-refractivity contribution in [2.75, 3.05) is 11.4 Å². The number of hydrogen-bond donors (Lipinski definition) is 1. The maximum atomic E-state index is 12.4. The summed E-state index contributed by atoms with van der Waals surface area (Å²) in [6.45, 7) is 0.616. The third-order valence-corrected chi connectivity index (χ3v) is 4.41. The van der Waals surface area contributed by atoms with E-state index in [1.54, 1.807) is 4.90 Å². The first-order valence-corrected chi connectivity index (χ1v) is 8.17. The molecule has 6 nitrogen and oxygen atoms in total. The molecule has 0 radical (unpaired) electrons. The van der Waals surface area contributed by atoms with Crippen molar-refractivity contribution >= 4 is 17.5 Å². The van der Waals surface area contributed by atoms with E-state index in [1.165, 1.54) is 0 Å². The smallest absolute Gasteiger partial charge is 0.249 e. The number of nitrogens with one attached hydrogen (secondary N) is 1. The van der Waals surface area contributed by atoms with Crippen LogP contribution in [-0.2, 0) is 9.59 Å². The molecule has 2 aliphatic heterocycles. The predicted molar refractivity (Wildman–Crippen MR) is 90.2 cm³/mol. The van der Waals surface area contributed by atoms with Crippen molar-refractivity contribution in [2.45, 2.75) is 43.8 Å². The van der Waals surface area contributed by atoms with E-state index in [-0.39, 0.29) is 11.8 Å². The summed E-state index contributed by atoms with van der Waals surface area (Å²) in [5.74, 6) is 2.37. The first-order valence-electron chi connectivity index (χ1n) is 8.17. The van der Waals surface area contributed by atoms with Crippen LogP contribution in [0.15, 0.2) is 40.6 Å². The van der Waals surface area contributed by atoms with Gasteiger partial charge in [0.2, 0.25) is 11.8 Å². The first-order chi connectivity index (χ1) is 11.6. The Hall–Kier alpha value is -2.68. The van der Waals surface area contributed by atoms with E-state index in [0.29, 0.717) is 38.6 Å². The largest absolute Gasteiger partial charge is 0.344 e. The lowest BCUT2D eigenvalue weighted by Gasteiger charge is -2.17. The third-order valence-electron chi connectivity index (χ3n) is 4.41. The zero-order valence-electron chi connectivity index (χ0n) is 13.4. The van der Waals surface area contributed by atoms with Crippen molar-refractivity contribution in [3.63, 3.8) is 0 Å². The standard InChI is InChI=1S/C18H20N4O2/c1-2-3-11-18(20-21-18)12-9-16(23)19-15-10-13-22(17(15)24)14-7-5-4-6-8-14/h1,4-8,15H,3,9-13H2,(H,19,23). The van der Waals surface area contributed by atoms with Crippen molar-refractivity contribution in [1.82, 2.24) is 5.32 Å². The molecule has 1 saturated heterocycles. The highest BCUT2D eigenvalue weighted by Crippen LogP contribution is 2.37. The first kappa shape index (κ1) is 16.2. The van der Waals surface area contributed by atoms with Crippen molar-refractivity contribution in [1.29, 1.82) is 0 Å². The van der Waals surface area contributed by atoms with Crippen LogP contribution in [-0.4, -0.2) is 30.1 Å². The van der Waals surface area contributed by atoms with Crippen LogP contribution in [0.3, 0.4) is 0 Å². The van der Waals surface area contributed by atoms with Crippen LogP contribution in [0.1, 0.15) is 32.1 Å². The zero-order chi connectivity index (χ0) is 17.0. The van der Waals surface area contributed by atoms with Crippen molar-refractivity contribution in [3.8, 4) is 12.3 Å². The summed E-state index contributed by atoms with van der Waals surface area (Å²) in [7, 11) is 0. The second-order valence-electron chi connectivity index (χ2n) is 6.12. The van der Waals surface area contributed by atoms with Gasteiger partial charge in [-0.2, -0.15) is 10.2 Å². The molecule has 1 fully saturated rings. The minimum absolute atomic E-state index is 0.0580. The molecular formula is C18H20N4O2. The quantitative estimate of drug-likeness (QED) is 0.781. The summed E-state index contributed by atoms with van der Waals surface area (Å²) in [6.07, 6.45) is 8.00. The van der Waals surface area contributed by atoms with Gasteiger partial charge in [-0.3, -0.25) is 9.59 Å². The summed E-state index contributed by atoms with van der Waals surface area (Å²) in [6, 6.07) is 9.04. The van der Waals surface area contributed by atoms with Gasteiger partial charge in [0.05, 0.1) is 0 Å². The Labute approximate surface area is 141 Å². The number of hydrogen-bond acceptors (Lipinski definition) is 4. The molecule has 3 rings (SSSR count). The van der Waals surface area contributed by atoms with Gasteiger partial charge in [0, 0.05) is 37.9 Å². The molecule has 124 valence electrons. The molecule has 0 bridgehead atoms. The van der Waals surface area contributed by atoms with E-state index in [4.69, 9.17) is 6.42 Å². The van der Waals surface area contributed by atoms with E-state index in [1.807, 2.05) is 30.3 Å². The summed E-state index contributed by atoms with van der Waals surface area (Å²) in [5, 5.41) is 10.9. The number of benzene rings is 1. The Morgan fingerprint density at radius 1 is 1.33 bits per heavy atom. The molecule has 1 unspecified atom stereocenters. The molecular weight excluding hydrogens is 304 g/mol. The SMILES string of the molecule is C#CCCC1(CCC(=O)NC2CCN(c3ccccc3)C2=O)N=N1. The number of carbonyl (C=O) groups excluding carboxylic acids is 2. The average Bonchev–Trinajstić information content (AvgIpc) is 3.30. The van der Waals surface area contributed by atoms with Crippen LogP contribution >= 0.6 is 0 Å². The van der Waals surface area contributed by atoms with E-state index >= 15 is 0 Å². The number of nitrogens with zero attached hydrogens (tertiary/aromatic N) is 3. The molecule has 0 aliphatic carbocycles. The minimum Gasteiger partial charge on any atom is -0.344 e. The fraction of sp³-hybridized carbons (Fsp3) is 0.444. The van der Waals surface area contributed by atoms with E-state index in [9.17, 15) is 9.59 Å². The van der Waals surface area contributed by atoms with Gasteiger partial charge in [-0.25, -0.2) is 0 Å². The summed E-state index contributed by atoms with van der Waals surface area (Å²) in [5.41, 5.74) is 0.405. The van der Waals surface area contributed by atoms with Gasteiger partial charge in [-0.1, -0.05) is 18.2 Å². The van der Waals surface area contributed by atoms with Crippen molar-refractivity contribution < 1.29 is 9.59 Å². The Balaban J connectivity index is 1.47. The Morgan fingerprint density at radius 3 is 2.75 bits per heavy atom. The highest BCUT2D eigenvalue weighted by atomic mass is 16.2. The highest BCUT2D eigenvalue weighted by Gasteiger charge is 2.40. The molecule has 0 spiro atoms. The Morgan fingerprint density at radius 2 is 2.08 bits per heavy atom. The molecule has 1 aromatic carbocycles. The molecule has 1 aromatic rings. The molecule has 2 amide bonds. The van der Waals surface area contributed by atoms with E-state index < -0.39 is 11.7 Å². The molecule has 6 heteroatoms. The van der Waals surface area contributed by atoms with Gasteiger partial charge >= 0.3 is 0 Å². The van der Waals surface area contributed by atoms with Crippen LogP contribution in [0.4, 0.5) is 5.69 Å². The lowest BCUT2D eigenvalue weighted by atomic mass is 10.0. The number of rotatable bonds is 7. The minimum atomic E-state index is -0.459.